The summed E-state index contributed by atoms with van der Waals surface area (Å²) < 4.78 is 45.5. The van der Waals surface area contributed by atoms with Gasteiger partial charge in [0, 0.05) is 6.54 Å². The number of rotatable bonds is 8. The Morgan fingerprint density at radius 1 is 1.10 bits per heavy atom. The molecule has 1 N–H and O–H groups in total. The van der Waals surface area contributed by atoms with Crippen LogP contribution in [0.2, 0.25) is 0 Å². The second-order valence-corrected chi connectivity index (χ2v) is 9.08. The van der Waals surface area contributed by atoms with E-state index in [4.69, 9.17) is 4.74 Å². The van der Waals surface area contributed by atoms with Crippen molar-refractivity contribution in [3.8, 4) is 5.75 Å². The number of hydrogen-bond donors (Lipinski definition) is 1. The summed E-state index contributed by atoms with van der Waals surface area (Å²) in [5, 5.41) is 4.35. The number of amides is 1. The first-order valence-corrected chi connectivity index (χ1v) is 10.9. The zero-order valence-corrected chi connectivity index (χ0v) is 17.2. The predicted molar refractivity (Wildman–Crippen MR) is 110 cm³/mol. The van der Waals surface area contributed by atoms with Crippen LogP contribution in [0.1, 0.15) is 5.56 Å². The van der Waals surface area contributed by atoms with Crippen molar-refractivity contribution in [1.82, 2.24) is 5.32 Å². The Morgan fingerprint density at radius 3 is 2.38 bits per heavy atom. The minimum absolute atomic E-state index is 0.102. The van der Waals surface area contributed by atoms with E-state index in [1.807, 2.05) is 0 Å². The fraction of sp³-hybridized carbons (Fsp3) is 0.150. The van der Waals surface area contributed by atoms with Gasteiger partial charge in [0.1, 0.15) is 22.3 Å². The van der Waals surface area contributed by atoms with Crippen molar-refractivity contribution in [2.45, 2.75) is 10.8 Å². The van der Waals surface area contributed by atoms with Crippen LogP contribution in [0, 0.1) is 5.82 Å². The van der Waals surface area contributed by atoms with Crippen LogP contribution in [-0.4, -0.2) is 28.0 Å². The largest absolute Gasteiger partial charge is 0.497 e. The van der Waals surface area contributed by atoms with Gasteiger partial charge in [0.05, 0.1) is 12.8 Å². The lowest BCUT2D eigenvalue weighted by atomic mass is 10.2. The topological polar surface area (TPSA) is 75.7 Å². The Kier molecular flexibility index (Phi) is 6.50. The number of nitrogens with zero attached hydrogens (tertiary/aromatic N) is 1. The predicted octanol–water partition coefficient (Wildman–Crippen LogP) is 3.41. The van der Waals surface area contributed by atoms with Gasteiger partial charge in [-0.1, -0.05) is 18.2 Å². The second-order valence-electron chi connectivity index (χ2n) is 6.04. The summed E-state index contributed by atoms with van der Waals surface area (Å²) >= 11 is 1.05. The summed E-state index contributed by atoms with van der Waals surface area (Å²) in [4.78, 5) is 12.5. The molecule has 0 spiro atoms. The molecule has 1 aromatic heterocycles. The van der Waals surface area contributed by atoms with Gasteiger partial charge in [-0.15, -0.1) is 11.3 Å². The van der Waals surface area contributed by atoms with Crippen molar-refractivity contribution in [3.05, 3.63) is 77.4 Å². The van der Waals surface area contributed by atoms with Crippen molar-refractivity contribution in [2.24, 2.45) is 0 Å². The van der Waals surface area contributed by atoms with E-state index in [0.717, 1.165) is 33.3 Å². The molecule has 2 aromatic carbocycles. The van der Waals surface area contributed by atoms with Crippen LogP contribution in [0.5, 0.6) is 5.75 Å². The van der Waals surface area contributed by atoms with E-state index in [1.165, 1.54) is 18.2 Å². The van der Waals surface area contributed by atoms with Crippen LogP contribution >= 0.6 is 11.3 Å². The smallest absolute Gasteiger partial charge is 0.274 e. The van der Waals surface area contributed by atoms with Crippen molar-refractivity contribution in [1.29, 1.82) is 0 Å². The number of methoxy groups -OCH3 is 1. The molecule has 1 amide bonds. The van der Waals surface area contributed by atoms with Gasteiger partial charge < -0.3 is 10.1 Å². The molecule has 0 aliphatic rings. The number of hydrogen-bond acceptors (Lipinski definition) is 5. The Hall–Kier alpha value is -2.91. The summed E-state index contributed by atoms with van der Waals surface area (Å²) in [7, 11) is -2.39. The highest BCUT2D eigenvalue weighted by Crippen LogP contribution is 2.26. The zero-order valence-electron chi connectivity index (χ0n) is 15.5. The summed E-state index contributed by atoms with van der Waals surface area (Å²) in [5.74, 6) is -0.277. The van der Waals surface area contributed by atoms with Crippen molar-refractivity contribution in [2.75, 3.05) is 18.0 Å². The minimum Gasteiger partial charge on any atom is -0.497 e. The molecule has 0 radical (unpaired) electrons. The van der Waals surface area contributed by atoms with Crippen LogP contribution in [-0.2, 0) is 21.4 Å². The van der Waals surface area contributed by atoms with E-state index in [2.05, 4.69) is 5.32 Å². The molecular weight excluding hydrogens is 415 g/mol. The molecule has 0 saturated heterocycles. The maximum Gasteiger partial charge on any atom is 0.274 e. The Bertz CT molecular complexity index is 1050. The highest BCUT2D eigenvalue weighted by Gasteiger charge is 2.28. The molecule has 6 nitrogen and oxygen atoms in total. The minimum atomic E-state index is -3.96. The van der Waals surface area contributed by atoms with Gasteiger partial charge in [-0.3, -0.25) is 9.10 Å². The third kappa shape index (κ3) is 5.12. The number of carbonyl (C=O) groups is 1. The summed E-state index contributed by atoms with van der Waals surface area (Å²) in [6.45, 7) is -0.193. The molecule has 0 unspecified atom stereocenters. The maximum atomic E-state index is 13.3. The standard InChI is InChI=1S/C20H19FN2O4S2/c1-27-18-10-4-15(5-11-18)13-22-19(24)14-23(17-8-6-16(21)7-9-17)29(25,26)20-3-2-12-28-20/h2-12H,13-14H2,1H3,(H,22,24). The normalized spacial score (nSPS) is 11.1. The molecule has 0 fully saturated rings. The molecule has 29 heavy (non-hydrogen) atoms. The van der Waals surface area contributed by atoms with Gasteiger partial charge in [-0.05, 0) is 53.4 Å². The number of anilines is 1. The molecule has 0 aliphatic heterocycles. The van der Waals surface area contributed by atoms with Crippen molar-refractivity contribution >= 4 is 33.0 Å². The Labute approximate surface area is 172 Å². The number of nitrogens with one attached hydrogen (secondary N) is 1. The molecule has 1 heterocycles. The van der Waals surface area contributed by atoms with E-state index in [-0.39, 0.29) is 16.4 Å². The number of halogens is 1. The molecule has 3 rings (SSSR count). The third-order valence-electron chi connectivity index (χ3n) is 4.09. The van der Waals surface area contributed by atoms with Crippen LogP contribution in [0.25, 0.3) is 0 Å². The zero-order chi connectivity index (χ0) is 20.9. The van der Waals surface area contributed by atoms with Crippen LogP contribution in [0.15, 0.2) is 70.3 Å². The average molecular weight is 435 g/mol. The van der Waals surface area contributed by atoms with E-state index < -0.39 is 28.3 Å². The molecule has 152 valence electrons. The van der Waals surface area contributed by atoms with Crippen LogP contribution < -0.4 is 14.4 Å². The van der Waals surface area contributed by atoms with E-state index >= 15 is 0 Å². The molecule has 0 aliphatic carbocycles. The maximum absolute atomic E-state index is 13.3. The Balaban J connectivity index is 1.77. The fourth-order valence-corrected chi connectivity index (χ4v) is 5.10. The highest BCUT2D eigenvalue weighted by atomic mass is 32.2. The van der Waals surface area contributed by atoms with Crippen LogP contribution in [0.3, 0.4) is 0 Å². The summed E-state index contributed by atoms with van der Waals surface area (Å²) in [6.07, 6.45) is 0. The molecule has 0 bridgehead atoms. The fourth-order valence-electron chi connectivity index (χ4n) is 2.57. The van der Waals surface area contributed by atoms with Gasteiger partial charge in [0.15, 0.2) is 0 Å². The number of ether oxygens (including phenoxy) is 1. The van der Waals surface area contributed by atoms with Crippen molar-refractivity contribution < 1.29 is 22.3 Å². The van der Waals surface area contributed by atoms with Gasteiger partial charge in [0.2, 0.25) is 5.91 Å². The monoisotopic (exact) mass is 434 g/mol. The lowest BCUT2D eigenvalue weighted by molar-refractivity contribution is -0.119. The SMILES string of the molecule is COc1ccc(CNC(=O)CN(c2ccc(F)cc2)S(=O)(=O)c2cccs2)cc1. The van der Waals surface area contributed by atoms with Gasteiger partial charge in [-0.2, -0.15) is 0 Å². The summed E-state index contributed by atoms with van der Waals surface area (Å²) in [5.41, 5.74) is 1.05. The second kappa shape index (κ2) is 9.06. The number of sulfonamides is 1. The van der Waals surface area contributed by atoms with Gasteiger partial charge in [0.25, 0.3) is 10.0 Å². The quantitative estimate of drug-likeness (QED) is 0.590. The molecule has 0 saturated carbocycles. The Morgan fingerprint density at radius 2 is 1.79 bits per heavy atom. The molecule has 3 aromatic rings. The van der Waals surface area contributed by atoms with Gasteiger partial charge >= 0.3 is 0 Å². The van der Waals surface area contributed by atoms with E-state index in [9.17, 15) is 17.6 Å². The van der Waals surface area contributed by atoms with Gasteiger partial charge in [-0.25, -0.2) is 12.8 Å². The third-order valence-corrected chi connectivity index (χ3v) is 7.24. The number of benzene rings is 2. The number of thiophene rings is 1. The molecule has 9 heteroatoms. The lowest BCUT2D eigenvalue weighted by Crippen LogP contribution is -2.40. The average Bonchev–Trinajstić information content (AvgIpc) is 3.27. The first-order valence-electron chi connectivity index (χ1n) is 8.61. The van der Waals surface area contributed by atoms with Crippen molar-refractivity contribution in [3.63, 3.8) is 0 Å². The van der Waals surface area contributed by atoms with Crippen LogP contribution in [0.4, 0.5) is 10.1 Å². The molecule has 0 atom stereocenters. The summed E-state index contributed by atoms with van der Waals surface area (Å²) in [6, 6.07) is 15.2. The molecular formula is C20H19FN2O4S2. The first-order chi connectivity index (χ1) is 13.9. The van der Waals surface area contributed by atoms with E-state index in [1.54, 1.807) is 42.8 Å². The first kappa shape index (κ1) is 20.8. The number of carbonyl (C=O) groups excluding carboxylic acids is 1. The highest BCUT2D eigenvalue weighted by molar-refractivity contribution is 7.94. The lowest BCUT2D eigenvalue weighted by Gasteiger charge is -2.23. The van der Waals surface area contributed by atoms with E-state index in [0.29, 0.717) is 5.75 Å².